The molecule has 1 aliphatic heterocycles. The summed E-state index contributed by atoms with van der Waals surface area (Å²) in [4.78, 5) is 4.25. The van der Waals surface area contributed by atoms with Gasteiger partial charge in [-0.1, -0.05) is 27.2 Å². The van der Waals surface area contributed by atoms with Crippen LogP contribution in [-0.2, 0) is 14.6 Å². The van der Waals surface area contributed by atoms with Gasteiger partial charge >= 0.3 is 0 Å². The maximum Gasteiger partial charge on any atom is 0.191 e. The molecule has 2 fully saturated rings. The predicted molar refractivity (Wildman–Crippen MR) is 93.5 cm³/mol. The molecule has 1 heterocycles. The average Bonchev–Trinajstić information content (AvgIpc) is 2.83. The van der Waals surface area contributed by atoms with Crippen LogP contribution in [0.5, 0.6) is 0 Å². The van der Waals surface area contributed by atoms with Crippen LogP contribution in [0, 0.1) is 5.41 Å². The Morgan fingerprint density at radius 2 is 2.09 bits per heavy atom. The Kier molecular flexibility index (Phi) is 5.94. The molecule has 2 rings (SSSR count). The van der Waals surface area contributed by atoms with Gasteiger partial charge in [0.25, 0.3) is 0 Å². The average molecular weight is 346 g/mol. The molecule has 3 atom stereocenters. The molecule has 7 heteroatoms. The van der Waals surface area contributed by atoms with E-state index < -0.39 is 9.84 Å². The lowest BCUT2D eigenvalue weighted by Crippen LogP contribution is -2.64. The van der Waals surface area contributed by atoms with Crippen LogP contribution in [0.1, 0.15) is 46.5 Å². The van der Waals surface area contributed by atoms with Crippen LogP contribution in [0.2, 0.25) is 0 Å². The molecule has 134 valence electrons. The Labute approximate surface area is 140 Å². The molecule has 2 aliphatic rings. The number of sulfone groups is 1. The van der Waals surface area contributed by atoms with Crippen molar-refractivity contribution in [1.29, 1.82) is 0 Å². The molecule has 0 bridgehead atoms. The molecular formula is C16H31N3O3S. The highest BCUT2D eigenvalue weighted by atomic mass is 32.2. The standard InChI is InChI=1S/C16H31N3O3S/c1-5-6-8-22-14-10-13(16(14,2)3)19-15(17-4)18-12-7-9-23(20,21)11-12/h12-14H,5-11H2,1-4H3,(H2,17,18,19). The maximum absolute atomic E-state index is 11.6. The first-order valence-corrected chi connectivity index (χ1v) is 10.4. The summed E-state index contributed by atoms with van der Waals surface area (Å²) >= 11 is 0. The first kappa shape index (κ1) is 18.5. The minimum atomic E-state index is -2.88. The monoisotopic (exact) mass is 345 g/mol. The SMILES string of the molecule is CCCCOC1CC(NC(=NC)NC2CCS(=O)(=O)C2)C1(C)C. The minimum absolute atomic E-state index is 0.0361. The zero-order valence-electron chi connectivity index (χ0n) is 14.8. The summed E-state index contributed by atoms with van der Waals surface area (Å²) in [5.41, 5.74) is 0.0487. The fourth-order valence-corrected chi connectivity index (χ4v) is 4.89. The minimum Gasteiger partial charge on any atom is -0.378 e. The van der Waals surface area contributed by atoms with Crippen LogP contribution in [0.4, 0.5) is 0 Å². The molecule has 3 unspecified atom stereocenters. The Morgan fingerprint density at radius 1 is 1.35 bits per heavy atom. The van der Waals surface area contributed by atoms with Gasteiger partial charge in [-0.15, -0.1) is 0 Å². The van der Waals surface area contributed by atoms with E-state index in [1.54, 1.807) is 7.05 Å². The summed E-state index contributed by atoms with van der Waals surface area (Å²) in [5.74, 6) is 1.16. The van der Waals surface area contributed by atoms with Crippen LogP contribution in [0.15, 0.2) is 4.99 Å². The highest BCUT2D eigenvalue weighted by Crippen LogP contribution is 2.42. The Morgan fingerprint density at radius 3 is 2.61 bits per heavy atom. The molecule has 0 spiro atoms. The van der Waals surface area contributed by atoms with E-state index in [1.807, 2.05) is 0 Å². The lowest BCUT2D eigenvalue weighted by atomic mass is 9.64. The van der Waals surface area contributed by atoms with Crippen LogP contribution >= 0.6 is 0 Å². The highest BCUT2D eigenvalue weighted by Gasteiger charge is 2.49. The number of hydrogen-bond acceptors (Lipinski definition) is 4. The summed E-state index contributed by atoms with van der Waals surface area (Å²) in [5, 5.41) is 6.68. The fraction of sp³-hybridized carbons (Fsp3) is 0.938. The largest absolute Gasteiger partial charge is 0.378 e. The highest BCUT2D eigenvalue weighted by molar-refractivity contribution is 7.91. The van der Waals surface area contributed by atoms with Gasteiger partial charge in [0.2, 0.25) is 0 Å². The van der Waals surface area contributed by atoms with Crippen molar-refractivity contribution < 1.29 is 13.2 Å². The number of hydrogen-bond donors (Lipinski definition) is 2. The second-order valence-corrected chi connectivity index (χ2v) is 9.51. The molecule has 0 aromatic rings. The number of ether oxygens (including phenoxy) is 1. The van der Waals surface area contributed by atoms with Crippen molar-refractivity contribution in [1.82, 2.24) is 10.6 Å². The van der Waals surface area contributed by atoms with E-state index >= 15 is 0 Å². The van der Waals surface area contributed by atoms with Crippen LogP contribution in [-0.4, -0.2) is 57.7 Å². The Balaban J connectivity index is 1.81. The molecule has 1 saturated heterocycles. The topological polar surface area (TPSA) is 79.8 Å². The fourth-order valence-electron chi connectivity index (χ4n) is 3.22. The van der Waals surface area contributed by atoms with Gasteiger partial charge in [0.05, 0.1) is 17.6 Å². The van der Waals surface area contributed by atoms with Gasteiger partial charge < -0.3 is 15.4 Å². The summed E-state index contributed by atoms with van der Waals surface area (Å²) < 4.78 is 29.1. The first-order valence-electron chi connectivity index (χ1n) is 8.60. The van der Waals surface area contributed by atoms with Gasteiger partial charge in [-0.3, -0.25) is 4.99 Å². The summed E-state index contributed by atoms with van der Waals surface area (Å²) in [6, 6.07) is 0.254. The molecule has 6 nitrogen and oxygen atoms in total. The molecule has 1 saturated carbocycles. The lowest BCUT2D eigenvalue weighted by Gasteiger charge is -2.52. The lowest BCUT2D eigenvalue weighted by molar-refractivity contribution is -0.113. The van der Waals surface area contributed by atoms with Gasteiger partial charge in [-0.25, -0.2) is 8.42 Å². The first-order chi connectivity index (χ1) is 10.8. The van der Waals surface area contributed by atoms with E-state index in [2.05, 4.69) is 36.4 Å². The molecule has 2 N–H and O–H groups in total. The van der Waals surface area contributed by atoms with E-state index in [4.69, 9.17) is 4.74 Å². The van der Waals surface area contributed by atoms with E-state index in [0.29, 0.717) is 18.4 Å². The number of nitrogens with zero attached hydrogens (tertiary/aromatic N) is 1. The van der Waals surface area contributed by atoms with Gasteiger partial charge in [-0.05, 0) is 19.3 Å². The number of aliphatic imine (C=N–C) groups is 1. The van der Waals surface area contributed by atoms with E-state index in [-0.39, 0.29) is 29.1 Å². The van der Waals surface area contributed by atoms with Gasteiger partial charge in [0, 0.05) is 31.2 Å². The van der Waals surface area contributed by atoms with Gasteiger partial charge in [0.15, 0.2) is 15.8 Å². The van der Waals surface area contributed by atoms with E-state index in [1.165, 1.54) is 0 Å². The van der Waals surface area contributed by atoms with E-state index in [9.17, 15) is 8.42 Å². The van der Waals surface area contributed by atoms with Crippen LogP contribution < -0.4 is 10.6 Å². The van der Waals surface area contributed by atoms with Crippen LogP contribution in [0.25, 0.3) is 0 Å². The number of unbranched alkanes of at least 4 members (excludes halogenated alkanes) is 1. The number of guanidine groups is 1. The third kappa shape index (κ3) is 4.59. The van der Waals surface area contributed by atoms with Crippen molar-refractivity contribution in [2.45, 2.75) is 64.6 Å². The smallest absolute Gasteiger partial charge is 0.191 e. The number of rotatable bonds is 6. The van der Waals surface area contributed by atoms with Gasteiger partial charge in [-0.2, -0.15) is 0 Å². The maximum atomic E-state index is 11.6. The van der Waals surface area contributed by atoms with Crippen molar-refractivity contribution in [3.05, 3.63) is 0 Å². The molecule has 0 radical (unpaired) electrons. The van der Waals surface area contributed by atoms with Crippen molar-refractivity contribution in [3.8, 4) is 0 Å². The molecule has 0 amide bonds. The third-order valence-corrected chi connectivity index (χ3v) is 6.87. The third-order valence-electron chi connectivity index (χ3n) is 5.10. The summed E-state index contributed by atoms with van der Waals surface area (Å²) in [7, 11) is -1.16. The second kappa shape index (κ2) is 7.38. The second-order valence-electron chi connectivity index (χ2n) is 7.28. The zero-order chi connectivity index (χ0) is 17.1. The molecule has 0 aromatic heterocycles. The normalized spacial score (nSPS) is 32.3. The van der Waals surface area contributed by atoms with Crippen molar-refractivity contribution in [2.75, 3.05) is 25.2 Å². The quantitative estimate of drug-likeness (QED) is 0.431. The Hall–Kier alpha value is -0.820. The molecular weight excluding hydrogens is 314 g/mol. The predicted octanol–water partition coefficient (Wildman–Crippen LogP) is 1.32. The molecule has 23 heavy (non-hydrogen) atoms. The van der Waals surface area contributed by atoms with E-state index in [0.717, 1.165) is 25.9 Å². The Bertz CT molecular complexity index is 531. The zero-order valence-corrected chi connectivity index (χ0v) is 15.6. The van der Waals surface area contributed by atoms with Crippen molar-refractivity contribution in [3.63, 3.8) is 0 Å². The van der Waals surface area contributed by atoms with Crippen molar-refractivity contribution >= 4 is 15.8 Å². The van der Waals surface area contributed by atoms with Gasteiger partial charge in [0.1, 0.15) is 0 Å². The summed E-state index contributed by atoms with van der Waals surface area (Å²) in [6.45, 7) is 7.40. The van der Waals surface area contributed by atoms with Crippen molar-refractivity contribution in [2.24, 2.45) is 10.4 Å². The molecule has 1 aliphatic carbocycles. The molecule has 0 aromatic carbocycles. The summed E-state index contributed by atoms with van der Waals surface area (Å²) in [6.07, 6.45) is 4.14. The van der Waals surface area contributed by atoms with Crippen LogP contribution in [0.3, 0.4) is 0 Å². The number of nitrogens with one attached hydrogen (secondary N) is 2.